The fraction of sp³-hybridized carbons (Fsp3) is 0.429. The predicted octanol–water partition coefficient (Wildman–Crippen LogP) is -0.455. The van der Waals surface area contributed by atoms with Crippen LogP contribution in [0.2, 0.25) is 0 Å². The molecule has 2 atom stereocenters. The summed E-state index contributed by atoms with van der Waals surface area (Å²) in [5, 5.41) is 13.4. The van der Waals surface area contributed by atoms with Crippen LogP contribution >= 0.6 is 0 Å². The minimum Gasteiger partial charge on any atom is -0.378 e. The van der Waals surface area contributed by atoms with Crippen LogP contribution in [0.15, 0.2) is 18.2 Å². The number of aromatic amines is 1. The number of ether oxygens (including phenoxy) is 1. The van der Waals surface area contributed by atoms with E-state index < -0.39 is 0 Å². The van der Waals surface area contributed by atoms with Crippen molar-refractivity contribution in [3.05, 3.63) is 23.8 Å². The van der Waals surface area contributed by atoms with Crippen LogP contribution in [0.4, 0.5) is 0 Å². The summed E-state index contributed by atoms with van der Waals surface area (Å²) in [7, 11) is 0. The molecule has 0 spiro atoms. The highest BCUT2D eigenvalue weighted by molar-refractivity contribution is 5.97. The molecule has 2 bridgehead atoms. The van der Waals surface area contributed by atoms with Crippen molar-refractivity contribution in [1.29, 1.82) is 0 Å². The van der Waals surface area contributed by atoms with E-state index in [1.807, 2.05) is 0 Å². The number of H-pyrrole nitrogens is 1. The summed E-state index contributed by atoms with van der Waals surface area (Å²) < 4.78 is 5.47. The second-order valence-electron chi connectivity index (χ2n) is 5.68. The molecule has 0 aliphatic carbocycles. The zero-order valence-corrected chi connectivity index (χ0v) is 11.8. The predicted molar refractivity (Wildman–Crippen MR) is 76.0 cm³/mol. The minimum atomic E-state index is -0.313. The van der Waals surface area contributed by atoms with Crippen LogP contribution in [0.1, 0.15) is 10.4 Å². The summed E-state index contributed by atoms with van der Waals surface area (Å²) in [5.41, 5.74) is 1.92. The molecule has 3 heterocycles. The molecule has 8 heteroatoms. The van der Waals surface area contributed by atoms with Crippen LogP contribution < -0.4 is 5.32 Å². The number of nitrogens with zero attached hydrogens (tertiary/aromatic N) is 3. The van der Waals surface area contributed by atoms with Crippen molar-refractivity contribution in [1.82, 2.24) is 25.6 Å². The van der Waals surface area contributed by atoms with E-state index in [0.29, 0.717) is 37.4 Å². The fourth-order valence-corrected chi connectivity index (χ4v) is 2.95. The van der Waals surface area contributed by atoms with Crippen molar-refractivity contribution in [2.75, 3.05) is 26.3 Å². The average Bonchev–Trinajstić information content (AvgIpc) is 2.82. The summed E-state index contributed by atoms with van der Waals surface area (Å²) in [5.74, 6) is -0.449. The molecule has 1 aromatic heterocycles. The summed E-state index contributed by atoms with van der Waals surface area (Å²) in [6, 6.07) is 5.06. The van der Waals surface area contributed by atoms with Crippen molar-refractivity contribution in [2.24, 2.45) is 5.92 Å². The van der Waals surface area contributed by atoms with Crippen molar-refractivity contribution >= 4 is 22.8 Å². The Bertz CT molecular complexity index is 743. The maximum Gasteiger partial charge on any atom is 0.254 e. The molecular weight excluding hydrogens is 286 g/mol. The molecule has 2 aliphatic rings. The lowest BCUT2D eigenvalue weighted by molar-refractivity contribution is -0.125. The van der Waals surface area contributed by atoms with Gasteiger partial charge in [-0.3, -0.25) is 9.59 Å². The number of rotatable bonds is 1. The summed E-state index contributed by atoms with van der Waals surface area (Å²) in [6.07, 6.45) is 0. The average molecular weight is 301 g/mol. The fourth-order valence-electron chi connectivity index (χ4n) is 2.95. The van der Waals surface area contributed by atoms with E-state index in [1.165, 1.54) is 0 Å². The number of benzene rings is 1. The molecule has 2 fully saturated rings. The van der Waals surface area contributed by atoms with Crippen molar-refractivity contribution < 1.29 is 14.3 Å². The van der Waals surface area contributed by atoms with Gasteiger partial charge in [0.25, 0.3) is 5.91 Å². The summed E-state index contributed by atoms with van der Waals surface area (Å²) in [4.78, 5) is 26.5. The summed E-state index contributed by atoms with van der Waals surface area (Å²) >= 11 is 0. The number of fused-ring (bicyclic) bond motifs is 4. The molecule has 0 radical (unpaired) electrons. The van der Waals surface area contributed by atoms with Crippen molar-refractivity contribution in [3.63, 3.8) is 0 Å². The third-order valence-electron chi connectivity index (χ3n) is 4.09. The second-order valence-corrected chi connectivity index (χ2v) is 5.68. The van der Waals surface area contributed by atoms with E-state index in [1.54, 1.807) is 23.1 Å². The van der Waals surface area contributed by atoms with Crippen molar-refractivity contribution in [2.45, 2.75) is 6.04 Å². The summed E-state index contributed by atoms with van der Waals surface area (Å²) in [6.45, 7) is 1.62. The molecule has 8 nitrogen and oxygen atoms in total. The van der Waals surface area contributed by atoms with Gasteiger partial charge in [0.1, 0.15) is 11.0 Å². The number of hydrogen-bond acceptors (Lipinski definition) is 5. The standard InChI is InChI=1S/C14H15N5O3/c20-13-9-4-19(5-10(15-13)7-22-6-9)14(21)8-1-2-11-12(3-8)17-18-16-11/h1-3,9-10H,4-7H2,(H,15,20)(H,16,17,18)/t9-,10+/m1/s1. The van der Waals surface area contributed by atoms with Gasteiger partial charge >= 0.3 is 0 Å². The Morgan fingerprint density at radius 1 is 1.23 bits per heavy atom. The Kier molecular flexibility index (Phi) is 3.04. The molecule has 2 aliphatic heterocycles. The Morgan fingerprint density at radius 2 is 2.09 bits per heavy atom. The minimum absolute atomic E-state index is 0.0373. The first kappa shape index (κ1) is 13.2. The number of hydrogen-bond donors (Lipinski definition) is 2. The van der Waals surface area contributed by atoms with Gasteiger partial charge in [-0.15, -0.1) is 0 Å². The third-order valence-corrected chi connectivity index (χ3v) is 4.09. The normalized spacial score (nSPS) is 24.9. The molecule has 114 valence electrons. The lowest BCUT2D eigenvalue weighted by Gasteiger charge is -2.27. The monoisotopic (exact) mass is 301 g/mol. The van der Waals surface area contributed by atoms with Gasteiger partial charge in [-0.1, -0.05) is 0 Å². The number of carbonyl (C=O) groups excluding carboxylic acids is 2. The molecule has 1 aromatic carbocycles. The number of amides is 2. The Labute approximate surface area is 125 Å². The van der Waals surface area contributed by atoms with Crippen LogP contribution in [-0.2, 0) is 9.53 Å². The zero-order chi connectivity index (χ0) is 15.1. The molecular formula is C14H15N5O3. The Morgan fingerprint density at radius 3 is 3.00 bits per heavy atom. The topological polar surface area (TPSA) is 100 Å². The molecule has 0 unspecified atom stereocenters. The lowest BCUT2D eigenvalue weighted by Crippen LogP contribution is -2.44. The molecule has 22 heavy (non-hydrogen) atoms. The van der Waals surface area contributed by atoms with Gasteiger partial charge in [0.05, 0.1) is 25.2 Å². The van der Waals surface area contributed by atoms with Gasteiger partial charge in [0, 0.05) is 18.7 Å². The van der Waals surface area contributed by atoms with Gasteiger partial charge in [0.2, 0.25) is 5.91 Å². The van der Waals surface area contributed by atoms with E-state index in [0.717, 1.165) is 5.52 Å². The van der Waals surface area contributed by atoms with E-state index >= 15 is 0 Å². The van der Waals surface area contributed by atoms with Crippen LogP contribution in [0.3, 0.4) is 0 Å². The first-order valence-electron chi connectivity index (χ1n) is 7.18. The first-order chi connectivity index (χ1) is 10.7. The van der Waals surface area contributed by atoms with Gasteiger partial charge < -0.3 is 15.0 Å². The van der Waals surface area contributed by atoms with Crippen LogP contribution in [-0.4, -0.2) is 64.5 Å². The molecule has 2 aromatic rings. The van der Waals surface area contributed by atoms with E-state index in [4.69, 9.17) is 4.74 Å². The van der Waals surface area contributed by atoms with Gasteiger partial charge in [0.15, 0.2) is 0 Å². The number of carbonyl (C=O) groups is 2. The van der Waals surface area contributed by atoms with E-state index in [-0.39, 0.29) is 23.8 Å². The Hall–Kier alpha value is -2.48. The largest absolute Gasteiger partial charge is 0.378 e. The number of aromatic nitrogens is 3. The van der Waals surface area contributed by atoms with Gasteiger partial charge in [-0.25, -0.2) is 0 Å². The van der Waals surface area contributed by atoms with Crippen molar-refractivity contribution in [3.8, 4) is 0 Å². The number of nitrogens with one attached hydrogen (secondary N) is 2. The highest BCUT2D eigenvalue weighted by atomic mass is 16.5. The Balaban J connectivity index is 1.62. The van der Waals surface area contributed by atoms with E-state index in [9.17, 15) is 9.59 Å². The maximum absolute atomic E-state index is 12.7. The van der Waals surface area contributed by atoms with E-state index in [2.05, 4.69) is 20.7 Å². The SMILES string of the molecule is O=C1N[C@@H]2COC[C@H]1CN(C(=O)c1ccc3n[nH]nc3c1)C2. The molecule has 2 saturated heterocycles. The van der Waals surface area contributed by atoms with Gasteiger partial charge in [-0.05, 0) is 18.2 Å². The zero-order valence-electron chi connectivity index (χ0n) is 11.8. The van der Waals surface area contributed by atoms with Gasteiger partial charge in [-0.2, -0.15) is 15.4 Å². The van der Waals surface area contributed by atoms with Crippen LogP contribution in [0, 0.1) is 5.92 Å². The highest BCUT2D eigenvalue weighted by Gasteiger charge is 2.35. The highest BCUT2D eigenvalue weighted by Crippen LogP contribution is 2.18. The molecule has 2 N–H and O–H groups in total. The van der Waals surface area contributed by atoms with Crippen LogP contribution in [0.25, 0.3) is 11.0 Å². The molecule has 0 saturated carbocycles. The maximum atomic E-state index is 12.7. The first-order valence-corrected chi connectivity index (χ1v) is 7.18. The van der Waals surface area contributed by atoms with Crippen LogP contribution in [0.5, 0.6) is 0 Å². The third kappa shape index (κ3) is 2.21. The molecule has 4 rings (SSSR count). The smallest absolute Gasteiger partial charge is 0.254 e. The quantitative estimate of drug-likeness (QED) is 0.743. The molecule has 2 amide bonds. The second kappa shape index (κ2) is 5.06. The lowest BCUT2D eigenvalue weighted by atomic mass is 10.1.